The Kier molecular flexibility index (Phi) is 4.92. The Morgan fingerprint density at radius 1 is 0.875 bits per heavy atom. The summed E-state index contributed by atoms with van der Waals surface area (Å²) < 4.78 is 26.8. The number of nitrogens with zero attached hydrogens (tertiary/aromatic N) is 2. The molecular formula is C16H17Cl2N3O2S. The summed E-state index contributed by atoms with van der Waals surface area (Å²) in [5.41, 5.74) is 7.06. The molecule has 24 heavy (non-hydrogen) atoms. The maximum absolute atomic E-state index is 12.7. The fraction of sp³-hybridized carbons (Fsp3) is 0.250. The van der Waals surface area contributed by atoms with E-state index < -0.39 is 10.0 Å². The van der Waals surface area contributed by atoms with E-state index in [-0.39, 0.29) is 4.90 Å². The molecule has 2 aromatic carbocycles. The van der Waals surface area contributed by atoms with Crippen LogP contribution in [0, 0.1) is 0 Å². The van der Waals surface area contributed by atoms with Gasteiger partial charge >= 0.3 is 0 Å². The first-order valence-electron chi connectivity index (χ1n) is 7.43. The van der Waals surface area contributed by atoms with Crippen molar-refractivity contribution >= 4 is 44.6 Å². The zero-order valence-corrected chi connectivity index (χ0v) is 15.2. The largest absolute Gasteiger partial charge is 0.399 e. The summed E-state index contributed by atoms with van der Waals surface area (Å²) in [7, 11) is -3.50. The van der Waals surface area contributed by atoms with Crippen molar-refractivity contribution in [3.8, 4) is 0 Å². The Hall–Kier alpha value is -1.47. The molecule has 0 atom stereocenters. The van der Waals surface area contributed by atoms with Crippen molar-refractivity contribution in [1.82, 2.24) is 4.31 Å². The predicted octanol–water partition coefficient (Wildman–Crippen LogP) is 3.09. The highest BCUT2D eigenvalue weighted by atomic mass is 35.5. The molecule has 1 fully saturated rings. The molecule has 0 saturated carbocycles. The molecule has 128 valence electrons. The van der Waals surface area contributed by atoms with Crippen LogP contribution in [0.1, 0.15) is 0 Å². The number of halogens is 2. The van der Waals surface area contributed by atoms with E-state index in [9.17, 15) is 8.42 Å². The molecule has 0 radical (unpaired) electrons. The summed E-state index contributed by atoms with van der Waals surface area (Å²) in [6.45, 7) is 1.95. The topological polar surface area (TPSA) is 66.6 Å². The van der Waals surface area contributed by atoms with Crippen LogP contribution in [-0.4, -0.2) is 38.9 Å². The highest BCUT2D eigenvalue weighted by Crippen LogP contribution is 2.27. The second-order valence-corrected chi connectivity index (χ2v) is 8.40. The number of hydrogen-bond acceptors (Lipinski definition) is 4. The van der Waals surface area contributed by atoms with Crippen molar-refractivity contribution < 1.29 is 8.42 Å². The Morgan fingerprint density at radius 3 is 1.96 bits per heavy atom. The van der Waals surface area contributed by atoms with Crippen LogP contribution in [0.4, 0.5) is 11.4 Å². The summed E-state index contributed by atoms with van der Waals surface area (Å²) >= 11 is 12.1. The number of rotatable bonds is 3. The average molecular weight is 386 g/mol. The summed E-state index contributed by atoms with van der Waals surface area (Å²) in [6, 6.07) is 11.6. The lowest BCUT2D eigenvalue weighted by atomic mass is 10.2. The van der Waals surface area contributed by atoms with Crippen molar-refractivity contribution in [3.05, 3.63) is 52.5 Å². The minimum Gasteiger partial charge on any atom is -0.399 e. The molecule has 0 bridgehead atoms. The van der Waals surface area contributed by atoms with E-state index in [1.807, 2.05) is 12.1 Å². The van der Waals surface area contributed by atoms with Crippen LogP contribution in [0.25, 0.3) is 0 Å². The maximum atomic E-state index is 12.7. The van der Waals surface area contributed by atoms with Gasteiger partial charge in [-0.3, -0.25) is 0 Å². The Morgan fingerprint density at radius 2 is 1.42 bits per heavy atom. The van der Waals surface area contributed by atoms with Gasteiger partial charge in [0.25, 0.3) is 0 Å². The van der Waals surface area contributed by atoms with Crippen LogP contribution in [0.3, 0.4) is 0 Å². The van der Waals surface area contributed by atoms with Gasteiger partial charge < -0.3 is 10.6 Å². The second kappa shape index (κ2) is 6.80. The van der Waals surface area contributed by atoms with Gasteiger partial charge in [0.2, 0.25) is 10.0 Å². The van der Waals surface area contributed by atoms with Crippen molar-refractivity contribution in [2.45, 2.75) is 4.90 Å². The van der Waals surface area contributed by atoms with Gasteiger partial charge in [-0.1, -0.05) is 23.2 Å². The van der Waals surface area contributed by atoms with E-state index >= 15 is 0 Å². The van der Waals surface area contributed by atoms with Crippen LogP contribution >= 0.6 is 23.2 Å². The highest BCUT2D eigenvalue weighted by Gasteiger charge is 2.28. The normalized spacial score (nSPS) is 16.3. The molecule has 0 spiro atoms. The van der Waals surface area contributed by atoms with Crippen LogP contribution in [0.15, 0.2) is 47.4 Å². The zero-order chi connectivity index (χ0) is 17.3. The lowest BCUT2D eigenvalue weighted by Crippen LogP contribution is -2.48. The van der Waals surface area contributed by atoms with Gasteiger partial charge in [0.15, 0.2) is 0 Å². The number of benzene rings is 2. The molecule has 1 aliphatic heterocycles. The summed E-state index contributed by atoms with van der Waals surface area (Å²) in [6.07, 6.45) is 0. The van der Waals surface area contributed by atoms with Gasteiger partial charge in [-0.25, -0.2) is 8.42 Å². The lowest BCUT2D eigenvalue weighted by Gasteiger charge is -2.35. The van der Waals surface area contributed by atoms with Gasteiger partial charge in [0, 0.05) is 47.6 Å². The molecule has 2 N–H and O–H groups in total. The quantitative estimate of drug-likeness (QED) is 0.824. The van der Waals surface area contributed by atoms with E-state index in [4.69, 9.17) is 28.9 Å². The van der Waals surface area contributed by atoms with Gasteiger partial charge in [0.1, 0.15) is 0 Å². The summed E-state index contributed by atoms with van der Waals surface area (Å²) in [4.78, 5) is 2.34. The Balaban J connectivity index is 1.73. The molecule has 0 unspecified atom stereocenters. The number of sulfonamides is 1. The van der Waals surface area contributed by atoms with Crippen molar-refractivity contribution in [3.63, 3.8) is 0 Å². The maximum Gasteiger partial charge on any atom is 0.243 e. The smallest absolute Gasteiger partial charge is 0.243 e. The Bertz CT molecular complexity index is 813. The lowest BCUT2D eigenvalue weighted by molar-refractivity contribution is 0.385. The molecule has 5 nitrogen and oxygen atoms in total. The molecule has 2 aromatic rings. The molecule has 3 rings (SSSR count). The van der Waals surface area contributed by atoms with E-state index in [1.165, 1.54) is 16.4 Å². The number of nitrogens with two attached hydrogens (primary N) is 1. The third-order valence-electron chi connectivity index (χ3n) is 3.97. The van der Waals surface area contributed by atoms with Crippen LogP contribution in [0.5, 0.6) is 0 Å². The van der Waals surface area contributed by atoms with Crippen molar-refractivity contribution in [2.24, 2.45) is 0 Å². The van der Waals surface area contributed by atoms with E-state index in [0.29, 0.717) is 41.9 Å². The SMILES string of the molecule is Nc1ccc(S(=O)(=O)N2CCN(c3cc(Cl)cc(Cl)c3)CC2)cc1. The highest BCUT2D eigenvalue weighted by molar-refractivity contribution is 7.89. The van der Waals surface area contributed by atoms with Crippen molar-refractivity contribution in [1.29, 1.82) is 0 Å². The van der Waals surface area contributed by atoms with E-state index in [2.05, 4.69) is 4.90 Å². The molecule has 8 heteroatoms. The molecule has 1 saturated heterocycles. The first kappa shape index (κ1) is 17.4. The third kappa shape index (κ3) is 3.62. The van der Waals surface area contributed by atoms with Gasteiger partial charge in [-0.15, -0.1) is 0 Å². The number of piperazine rings is 1. The molecule has 0 amide bonds. The van der Waals surface area contributed by atoms with Crippen LogP contribution in [0.2, 0.25) is 10.0 Å². The predicted molar refractivity (Wildman–Crippen MR) is 98.3 cm³/mol. The van der Waals surface area contributed by atoms with Crippen molar-refractivity contribution in [2.75, 3.05) is 36.8 Å². The molecule has 0 aliphatic carbocycles. The van der Waals surface area contributed by atoms with Crippen LogP contribution < -0.4 is 10.6 Å². The minimum atomic E-state index is -3.50. The summed E-state index contributed by atoms with van der Waals surface area (Å²) in [5.74, 6) is 0. The third-order valence-corrected chi connectivity index (χ3v) is 6.32. The number of hydrogen-bond donors (Lipinski definition) is 1. The van der Waals surface area contributed by atoms with E-state index in [1.54, 1.807) is 18.2 Å². The number of anilines is 2. The first-order chi connectivity index (χ1) is 11.4. The minimum absolute atomic E-state index is 0.260. The monoisotopic (exact) mass is 385 g/mol. The van der Waals surface area contributed by atoms with Crippen LogP contribution in [-0.2, 0) is 10.0 Å². The molecule has 1 aliphatic rings. The van der Waals surface area contributed by atoms with Gasteiger partial charge in [0.05, 0.1) is 4.90 Å². The Labute approximate surface area is 151 Å². The fourth-order valence-corrected chi connectivity index (χ4v) is 4.63. The average Bonchev–Trinajstić information content (AvgIpc) is 2.54. The zero-order valence-electron chi connectivity index (χ0n) is 12.8. The van der Waals surface area contributed by atoms with E-state index in [0.717, 1.165) is 5.69 Å². The molecule has 1 heterocycles. The molecular weight excluding hydrogens is 369 g/mol. The summed E-state index contributed by atoms with van der Waals surface area (Å²) in [5, 5.41) is 1.13. The molecule has 0 aromatic heterocycles. The fourth-order valence-electron chi connectivity index (χ4n) is 2.70. The first-order valence-corrected chi connectivity index (χ1v) is 9.62. The van der Waals surface area contributed by atoms with Gasteiger partial charge in [-0.05, 0) is 42.5 Å². The number of nitrogen functional groups attached to an aromatic ring is 1. The second-order valence-electron chi connectivity index (χ2n) is 5.59. The van der Waals surface area contributed by atoms with Gasteiger partial charge in [-0.2, -0.15) is 4.31 Å². The standard InChI is InChI=1S/C16H17Cl2N3O2S/c17-12-9-13(18)11-15(10-12)20-5-7-21(8-6-20)24(22,23)16-3-1-14(19)2-4-16/h1-4,9-11H,5-8,19H2.